The lowest BCUT2D eigenvalue weighted by atomic mass is 9.88. The molecule has 672 valence electrons. The molecule has 12 heterocycles. The van der Waals surface area contributed by atoms with Crippen molar-refractivity contribution in [1.29, 1.82) is 0 Å². The molecule has 4 aliphatic heterocycles. The largest absolute Gasteiger partial charge is 0.480 e. The second-order valence-electron chi connectivity index (χ2n) is 31.5. The molecule has 4 saturated heterocycles. The van der Waals surface area contributed by atoms with Gasteiger partial charge in [-0.05, 0) is 152 Å². The Morgan fingerprint density at radius 3 is 0.876 bits per heavy atom. The number of likely N-dealkylation sites (tertiary alicyclic amines) is 3. The number of nitrogens with one attached hydrogen (secondary N) is 9. The van der Waals surface area contributed by atoms with Crippen LogP contribution in [0.3, 0.4) is 0 Å². The Hall–Kier alpha value is -15.8. The molecule has 0 saturated carbocycles. The van der Waals surface area contributed by atoms with Gasteiger partial charge in [-0.1, -0.05) is 76.2 Å². The van der Waals surface area contributed by atoms with Crippen LogP contribution >= 0.6 is 0 Å². The molecule has 16 rings (SSSR count). The fourth-order valence-electron chi connectivity index (χ4n) is 16.1. The van der Waals surface area contributed by atoms with Crippen molar-refractivity contribution in [2.24, 2.45) is 46.6 Å². The Morgan fingerprint density at radius 1 is 0.357 bits per heavy atom. The summed E-state index contributed by atoms with van der Waals surface area (Å²) in [7, 11) is 5.36. The van der Waals surface area contributed by atoms with Crippen molar-refractivity contribution in [1.82, 2.24) is 80.7 Å². The molecule has 0 unspecified atom stereocenters. The van der Waals surface area contributed by atoms with E-state index in [-0.39, 0.29) is 104 Å². The highest BCUT2D eigenvalue weighted by molar-refractivity contribution is 6.41. The summed E-state index contributed by atoms with van der Waals surface area (Å²) in [4.78, 5) is 166. The summed E-state index contributed by atoms with van der Waals surface area (Å²) < 4.78 is 19.8. The molecule has 4 fully saturated rings. The normalized spacial score (nSPS) is 18.2. The van der Waals surface area contributed by atoms with Crippen LogP contribution in [-0.2, 0) is 38.4 Å². The first-order chi connectivity index (χ1) is 61.9. The van der Waals surface area contributed by atoms with E-state index in [1.54, 1.807) is 33.3 Å². The van der Waals surface area contributed by atoms with Gasteiger partial charge in [-0.15, -0.1) is 0 Å². The molecule has 8 atom stereocenters. The second-order valence-corrected chi connectivity index (χ2v) is 31.5. The quantitative estimate of drug-likeness (QED) is 0.0409. The lowest BCUT2D eigenvalue weighted by molar-refractivity contribution is -0.147. The van der Waals surface area contributed by atoms with Gasteiger partial charge in [0.15, 0.2) is 0 Å². The predicted molar refractivity (Wildman–Crippen MR) is 471 cm³/mol. The van der Waals surface area contributed by atoms with Crippen LogP contribution in [0, 0.1) is 23.7 Å². The fraction of sp³-hybridized carbons (Fsp3) is 0.318. The number of H-pyrrole nitrogens is 4. The Balaban J connectivity index is 0.000000150. The molecule has 41 nitrogen and oxygen atoms in total. The Bertz CT molecular complexity index is 5760. The van der Waals surface area contributed by atoms with Crippen LogP contribution in [0.25, 0.3) is 43.6 Å². The number of pyridine rings is 4. The summed E-state index contributed by atoms with van der Waals surface area (Å²) in [5.74, 6) is -8.67. The Kier molecular flexibility index (Phi) is 29.9. The Morgan fingerprint density at radius 2 is 0.620 bits per heavy atom. The lowest BCUT2D eigenvalue weighted by Gasteiger charge is -2.38. The van der Waals surface area contributed by atoms with Gasteiger partial charge in [-0.25, -0.2) is 24.7 Å². The van der Waals surface area contributed by atoms with Gasteiger partial charge in [0.2, 0.25) is 23.5 Å². The third-order valence-electron chi connectivity index (χ3n) is 22.5. The van der Waals surface area contributed by atoms with Crippen molar-refractivity contribution >= 4 is 137 Å². The molecular weight excluding hydrogens is 1670 g/mol. The molecule has 129 heavy (non-hydrogen) atoms. The zero-order chi connectivity index (χ0) is 92.4. The number of nitrogens with zero attached hydrogens (tertiary/aromatic N) is 11. The molecular formula is C88H98N24O17. The lowest BCUT2D eigenvalue weighted by Crippen LogP contribution is -2.46. The van der Waals surface area contributed by atoms with Crippen molar-refractivity contribution in [3.63, 3.8) is 0 Å². The van der Waals surface area contributed by atoms with Crippen LogP contribution < -0.4 is 68.5 Å². The minimum atomic E-state index is -1.65. The number of anilines is 4. The molecule has 8 aromatic heterocycles. The number of amides is 11. The number of aliphatic carboxylic acids is 1. The van der Waals surface area contributed by atoms with Crippen LogP contribution in [-0.4, -0.2) is 206 Å². The van der Waals surface area contributed by atoms with E-state index in [0.29, 0.717) is 25.7 Å². The summed E-state index contributed by atoms with van der Waals surface area (Å²) in [6, 6.07) is 28.7. The SMILES string of the molecule is COc1ncc(NC(=O)C(=O)N2C[C@@H](C)CC[C@@H]2c2cccc3[nH]ncc23)cc1C(N)=O.COc1ncc(NC(=O)C(=O)N2C[C@H](C)CC[C@H]2c2cccc3[nH]ncc23)cc1C(N)=O.COc1ncc(NC(=O)C(=O)N2C[C@H](C)CC[C@H]2c2cccc3[nH]ncc23)cc1C(N)=O.COc1ncc(NC(=O)C(=O)O)cc1C(N)=O.C[C@H]1CC[C@H](c2cccc3[nH]ncc23)NC1. The highest BCUT2D eigenvalue weighted by atomic mass is 16.5. The van der Waals surface area contributed by atoms with E-state index in [1.807, 2.05) is 66.1 Å². The van der Waals surface area contributed by atoms with Crippen LogP contribution in [0.1, 0.15) is 167 Å². The molecule has 11 amide bonds. The van der Waals surface area contributed by atoms with Gasteiger partial charge in [0.25, 0.3) is 23.6 Å². The van der Waals surface area contributed by atoms with Crippen molar-refractivity contribution in [2.45, 2.75) is 103 Å². The summed E-state index contributed by atoms with van der Waals surface area (Å²) in [5, 5.41) is 54.0. The number of nitrogens with two attached hydrogens (primary N) is 4. The number of methoxy groups -OCH3 is 4. The van der Waals surface area contributed by atoms with Crippen molar-refractivity contribution < 1.29 is 81.6 Å². The number of carbonyl (C=O) groups excluding carboxylic acids is 11. The smallest absolute Gasteiger partial charge is 0.394 e. The van der Waals surface area contributed by atoms with Crippen molar-refractivity contribution in [3.8, 4) is 23.5 Å². The average Bonchev–Trinajstić information content (AvgIpc) is 1.78. The van der Waals surface area contributed by atoms with Gasteiger partial charge in [0.1, 0.15) is 22.3 Å². The van der Waals surface area contributed by atoms with Crippen LogP contribution in [0.4, 0.5) is 22.7 Å². The number of fused-ring (bicyclic) bond motifs is 4. The maximum atomic E-state index is 13.2. The summed E-state index contributed by atoms with van der Waals surface area (Å²) in [5.41, 5.74) is 29.6. The zero-order valence-electron chi connectivity index (χ0n) is 71.7. The number of carboxylic acids is 1. The predicted octanol–water partition coefficient (Wildman–Crippen LogP) is 7.85. The first-order valence-electron chi connectivity index (χ1n) is 41.1. The number of rotatable bonds is 16. The molecule has 0 aliphatic carbocycles. The van der Waals surface area contributed by atoms with Gasteiger partial charge < -0.3 is 88.3 Å². The minimum Gasteiger partial charge on any atom is -0.480 e. The van der Waals surface area contributed by atoms with E-state index in [1.165, 1.54) is 95.1 Å². The van der Waals surface area contributed by atoms with Crippen LogP contribution in [0.2, 0.25) is 0 Å². The first kappa shape index (κ1) is 92.3. The number of piperidine rings is 4. The number of benzene rings is 4. The Labute approximate surface area is 736 Å². The summed E-state index contributed by atoms with van der Waals surface area (Å²) in [6.45, 7) is 11.0. The molecule has 12 aromatic rings. The number of aromatic nitrogens is 12. The number of primary amides is 4. The molecule has 4 aliphatic rings. The third-order valence-corrected chi connectivity index (χ3v) is 22.5. The van der Waals surface area contributed by atoms with Gasteiger partial charge in [-0.3, -0.25) is 73.1 Å². The van der Waals surface area contributed by atoms with Gasteiger partial charge in [-0.2, -0.15) is 20.4 Å². The number of hydrogen-bond donors (Lipinski definition) is 14. The minimum absolute atomic E-state index is 0.00820. The van der Waals surface area contributed by atoms with Crippen LogP contribution in [0.15, 0.2) is 147 Å². The maximum Gasteiger partial charge on any atom is 0.394 e. The molecule has 0 spiro atoms. The maximum absolute atomic E-state index is 13.2. The standard InChI is InChI=1S/3C22H24N6O4.C13H17N3.C9H9N3O5/c3*1-12-6-7-18(14-4-3-5-17-16(14)10-25-27-17)28(11-12)22(31)20(30)26-13-8-15(19(23)29)21(32-2)24-9-13;1-9-5-6-12(14-7-9)10-3-2-4-13-11(10)8-15-16-13;1-17-8-5(6(10)13)2-4(3-11-8)12-7(14)9(15)16/h3*3-5,8-10,12,18H,6-7,11H2,1-2H3,(H2,23,29)(H,25,27)(H,26,30);2-4,8-9,12,14H,5-7H2,1H3,(H,15,16);2-3H,1H3,(H2,10,13)(H,12,14)(H,15,16)/t3*12-,18+;9-,12+;/m1100./s1. The van der Waals surface area contributed by atoms with Gasteiger partial charge in [0, 0.05) is 47.2 Å². The summed E-state index contributed by atoms with van der Waals surface area (Å²) in [6.07, 6.45) is 19.8. The van der Waals surface area contributed by atoms with E-state index < -0.39 is 70.9 Å². The van der Waals surface area contributed by atoms with E-state index in [2.05, 4.69) is 128 Å². The van der Waals surface area contributed by atoms with E-state index >= 15 is 0 Å². The fourth-order valence-corrected chi connectivity index (χ4v) is 16.1. The van der Waals surface area contributed by atoms with Crippen LogP contribution in [0.5, 0.6) is 23.5 Å². The average molecular weight is 1760 g/mol. The number of aromatic amines is 4. The van der Waals surface area contributed by atoms with Gasteiger partial charge >= 0.3 is 47.3 Å². The molecule has 4 aromatic carbocycles. The molecule has 0 radical (unpaired) electrons. The number of hydrogen-bond acceptors (Lipinski definition) is 25. The summed E-state index contributed by atoms with van der Waals surface area (Å²) >= 11 is 0. The molecule has 0 bridgehead atoms. The molecule has 18 N–H and O–H groups in total. The number of carboxylic acid groups (broad SMARTS) is 1. The number of ether oxygens (including phenoxy) is 4. The van der Waals surface area contributed by atoms with Crippen molar-refractivity contribution in [3.05, 3.63) is 191 Å². The highest BCUT2D eigenvalue weighted by Crippen LogP contribution is 2.41. The third kappa shape index (κ3) is 21.9. The van der Waals surface area contributed by atoms with E-state index in [4.69, 9.17) is 47.0 Å². The van der Waals surface area contributed by atoms with E-state index in [0.717, 1.165) is 112 Å². The van der Waals surface area contributed by atoms with Gasteiger partial charge in [0.05, 0.1) is 141 Å². The monoisotopic (exact) mass is 1760 g/mol. The highest BCUT2D eigenvalue weighted by Gasteiger charge is 2.39. The zero-order valence-corrected chi connectivity index (χ0v) is 71.7. The first-order valence-corrected chi connectivity index (χ1v) is 41.1. The molecule has 41 heteroatoms. The topological polar surface area (TPSA) is 602 Å². The van der Waals surface area contributed by atoms with Crippen molar-refractivity contribution in [2.75, 3.05) is 75.9 Å². The second kappa shape index (κ2) is 41.8. The van der Waals surface area contributed by atoms with E-state index in [9.17, 15) is 57.5 Å². The number of carbonyl (C=O) groups is 12.